The standard InChI is InChI=1S/C20H32N2O2/c1-20(2,3)18(11-13-23)21-19(24)17-10-7-12-22(15-17)14-16-8-5-4-6-9-16/h4-6,8-9,17-18,23H,7,10-15H2,1-3H3,(H,21,24). The number of nitrogens with one attached hydrogen (secondary N) is 1. The van der Waals surface area contributed by atoms with Crippen LogP contribution in [-0.4, -0.2) is 41.7 Å². The second-order valence-electron chi connectivity index (χ2n) is 8.00. The number of benzene rings is 1. The van der Waals surface area contributed by atoms with Gasteiger partial charge in [0.1, 0.15) is 0 Å². The van der Waals surface area contributed by atoms with Crippen LogP contribution in [0.5, 0.6) is 0 Å². The zero-order chi connectivity index (χ0) is 17.6. The highest BCUT2D eigenvalue weighted by Crippen LogP contribution is 2.24. The number of carbonyl (C=O) groups excluding carboxylic acids is 1. The van der Waals surface area contributed by atoms with Crippen molar-refractivity contribution in [3.63, 3.8) is 0 Å². The van der Waals surface area contributed by atoms with Gasteiger partial charge in [-0.1, -0.05) is 51.1 Å². The molecule has 24 heavy (non-hydrogen) atoms. The fraction of sp³-hybridized carbons (Fsp3) is 0.650. The summed E-state index contributed by atoms with van der Waals surface area (Å²) in [5.41, 5.74) is 1.25. The average molecular weight is 332 g/mol. The Hall–Kier alpha value is -1.39. The Morgan fingerprint density at radius 2 is 2.04 bits per heavy atom. The predicted octanol–water partition coefficient (Wildman–Crippen LogP) is 2.81. The van der Waals surface area contributed by atoms with Crippen LogP contribution >= 0.6 is 0 Å². The number of nitrogens with zero attached hydrogens (tertiary/aromatic N) is 1. The van der Waals surface area contributed by atoms with E-state index in [2.05, 4.69) is 55.3 Å². The smallest absolute Gasteiger partial charge is 0.224 e. The number of aliphatic hydroxyl groups excluding tert-OH is 1. The van der Waals surface area contributed by atoms with Crippen LogP contribution in [0.3, 0.4) is 0 Å². The molecule has 2 unspecified atom stereocenters. The van der Waals surface area contributed by atoms with Gasteiger partial charge >= 0.3 is 0 Å². The number of amides is 1. The van der Waals surface area contributed by atoms with Crippen molar-refractivity contribution in [2.75, 3.05) is 19.7 Å². The van der Waals surface area contributed by atoms with E-state index in [0.717, 1.165) is 32.5 Å². The molecule has 1 amide bonds. The van der Waals surface area contributed by atoms with E-state index in [1.54, 1.807) is 0 Å². The molecule has 4 heteroatoms. The second kappa shape index (κ2) is 8.63. The Kier molecular flexibility index (Phi) is 6.81. The SMILES string of the molecule is CC(C)(C)C(CCO)NC(=O)C1CCCN(Cc2ccccc2)C1. The van der Waals surface area contributed by atoms with Crippen molar-refractivity contribution in [2.45, 2.75) is 52.6 Å². The van der Waals surface area contributed by atoms with Crippen LogP contribution in [0, 0.1) is 11.3 Å². The molecule has 0 bridgehead atoms. The monoisotopic (exact) mass is 332 g/mol. The van der Waals surface area contributed by atoms with Gasteiger partial charge in [-0.05, 0) is 36.8 Å². The lowest BCUT2D eigenvalue weighted by Gasteiger charge is -2.36. The van der Waals surface area contributed by atoms with E-state index in [9.17, 15) is 9.90 Å². The number of aliphatic hydroxyl groups is 1. The molecule has 2 rings (SSSR count). The lowest BCUT2D eigenvalue weighted by molar-refractivity contribution is -0.128. The summed E-state index contributed by atoms with van der Waals surface area (Å²) in [6.07, 6.45) is 2.62. The number of hydrogen-bond donors (Lipinski definition) is 2. The summed E-state index contributed by atoms with van der Waals surface area (Å²) in [4.78, 5) is 15.1. The first-order chi connectivity index (χ1) is 11.4. The Balaban J connectivity index is 1.92. The van der Waals surface area contributed by atoms with Gasteiger partial charge in [0.05, 0.1) is 5.92 Å². The maximum atomic E-state index is 12.7. The van der Waals surface area contributed by atoms with Crippen molar-refractivity contribution < 1.29 is 9.90 Å². The third kappa shape index (κ3) is 5.60. The molecular formula is C20H32N2O2. The Morgan fingerprint density at radius 3 is 2.67 bits per heavy atom. The Bertz CT molecular complexity index is 510. The Morgan fingerprint density at radius 1 is 1.33 bits per heavy atom. The molecule has 1 aliphatic heterocycles. The molecular weight excluding hydrogens is 300 g/mol. The summed E-state index contributed by atoms with van der Waals surface area (Å²) in [5.74, 6) is 0.187. The summed E-state index contributed by atoms with van der Waals surface area (Å²) in [6.45, 7) is 9.20. The molecule has 0 aliphatic carbocycles. The maximum absolute atomic E-state index is 12.7. The van der Waals surface area contributed by atoms with Crippen LogP contribution in [0.2, 0.25) is 0 Å². The molecule has 1 aromatic rings. The maximum Gasteiger partial charge on any atom is 0.224 e. The second-order valence-corrected chi connectivity index (χ2v) is 8.00. The van der Waals surface area contributed by atoms with Gasteiger partial charge in [0.2, 0.25) is 5.91 Å². The number of carbonyl (C=O) groups is 1. The van der Waals surface area contributed by atoms with Crippen LogP contribution < -0.4 is 5.32 Å². The molecule has 1 aliphatic rings. The number of likely N-dealkylation sites (tertiary alicyclic amines) is 1. The summed E-state index contributed by atoms with van der Waals surface area (Å²) >= 11 is 0. The van der Waals surface area contributed by atoms with Gasteiger partial charge in [0.25, 0.3) is 0 Å². The zero-order valence-corrected chi connectivity index (χ0v) is 15.3. The fourth-order valence-corrected chi connectivity index (χ4v) is 3.40. The van der Waals surface area contributed by atoms with Crippen LogP contribution in [0.4, 0.5) is 0 Å². The number of rotatable bonds is 6. The van der Waals surface area contributed by atoms with Crippen molar-refractivity contribution in [3.05, 3.63) is 35.9 Å². The van der Waals surface area contributed by atoms with Gasteiger partial charge in [-0.15, -0.1) is 0 Å². The van der Waals surface area contributed by atoms with E-state index in [1.807, 2.05) is 6.07 Å². The number of hydrogen-bond acceptors (Lipinski definition) is 3. The van der Waals surface area contributed by atoms with E-state index in [4.69, 9.17) is 0 Å². The summed E-state index contributed by atoms with van der Waals surface area (Å²) in [7, 11) is 0. The molecule has 1 aromatic carbocycles. The largest absolute Gasteiger partial charge is 0.396 e. The minimum absolute atomic E-state index is 0.0134. The molecule has 1 fully saturated rings. The van der Waals surface area contributed by atoms with Gasteiger partial charge < -0.3 is 10.4 Å². The highest BCUT2D eigenvalue weighted by molar-refractivity contribution is 5.79. The molecule has 4 nitrogen and oxygen atoms in total. The molecule has 2 N–H and O–H groups in total. The van der Waals surface area contributed by atoms with E-state index in [1.165, 1.54) is 5.56 Å². The van der Waals surface area contributed by atoms with Crippen molar-refractivity contribution >= 4 is 5.91 Å². The van der Waals surface area contributed by atoms with Crippen LogP contribution in [0.1, 0.15) is 45.6 Å². The minimum Gasteiger partial charge on any atom is -0.396 e. The molecule has 0 saturated carbocycles. The van der Waals surface area contributed by atoms with Gasteiger partial charge in [-0.3, -0.25) is 9.69 Å². The molecule has 134 valence electrons. The lowest BCUT2D eigenvalue weighted by Crippen LogP contribution is -2.49. The normalized spacial score (nSPS) is 20.6. The van der Waals surface area contributed by atoms with Crippen LogP contribution in [-0.2, 0) is 11.3 Å². The molecule has 0 radical (unpaired) electrons. The van der Waals surface area contributed by atoms with Gasteiger partial charge in [-0.2, -0.15) is 0 Å². The number of piperidine rings is 1. The summed E-state index contributed by atoms with van der Waals surface area (Å²) in [6, 6.07) is 10.4. The first kappa shape index (κ1) is 18.9. The summed E-state index contributed by atoms with van der Waals surface area (Å²) in [5, 5.41) is 12.5. The highest BCUT2D eigenvalue weighted by atomic mass is 16.3. The van der Waals surface area contributed by atoms with E-state index in [0.29, 0.717) is 6.42 Å². The topological polar surface area (TPSA) is 52.6 Å². The first-order valence-corrected chi connectivity index (χ1v) is 9.07. The molecule has 1 heterocycles. The van der Waals surface area contributed by atoms with Crippen molar-refractivity contribution in [2.24, 2.45) is 11.3 Å². The van der Waals surface area contributed by atoms with Gasteiger partial charge in [-0.25, -0.2) is 0 Å². The third-order valence-corrected chi connectivity index (χ3v) is 4.90. The van der Waals surface area contributed by atoms with E-state index < -0.39 is 0 Å². The van der Waals surface area contributed by atoms with Crippen molar-refractivity contribution in [1.29, 1.82) is 0 Å². The Labute approximate surface area is 146 Å². The molecule has 0 spiro atoms. The van der Waals surface area contributed by atoms with Gasteiger partial charge in [0, 0.05) is 25.7 Å². The fourth-order valence-electron chi connectivity index (χ4n) is 3.40. The lowest BCUT2D eigenvalue weighted by atomic mass is 9.84. The summed E-state index contributed by atoms with van der Waals surface area (Å²) < 4.78 is 0. The minimum atomic E-state index is -0.0449. The van der Waals surface area contributed by atoms with E-state index >= 15 is 0 Å². The van der Waals surface area contributed by atoms with Crippen LogP contribution in [0.15, 0.2) is 30.3 Å². The molecule has 0 aromatic heterocycles. The third-order valence-electron chi connectivity index (χ3n) is 4.90. The first-order valence-electron chi connectivity index (χ1n) is 9.07. The molecule has 2 atom stereocenters. The van der Waals surface area contributed by atoms with Crippen molar-refractivity contribution in [3.8, 4) is 0 Å². The highest BCUT2D eigenvalue weighted by Gasteiger charge is 2.31. The average Bonchev–Trinajstić information content (AvgIpc) is 2.55. The zero-order valence-electron chi connectivity index (χ0n) is 15.3. The molecule has 1 saturated heterocycles. The quantitative estimate of drug-likeness (QED) is 0.842. The van der Waals surface area contributed by atoms with Crippen LogP contribution in [0.25, 0.3) is 0 Å². The van der Waals surface area contributed by atoms with Crippen molar-refractivity contribution in [1.82, 2.24) is 10.2 Å². The van der Waals surface area contributed by atoms with E-state index in [-0.39, 0.29) is 29.9 Å². The van der Waals surface area contributed by atoms with Gasteiger partial charge in [0.15, 0.2) is 0 Å². The predicted molar refractivity (Wildman–Crippen MR) is 97.5 cm³/mol.